The number of fused-ring (bicyclic) bond motifs is 1. The molecule has 0 spiro atoms. The van der Waals surface area contributed by atoms with Gasteiger partial charge in [-0.15, -0.1) is 0 Å². The van der Waals surface area contributed by atoms with Gasteiger partial charge in [-0.2, -0.15) is 4.98 Å². The largest absolute Gasteiger partial charge is 0.390 e. The van der Waals surface area contributed by atoms with Crippen LogP contribution < -0.4 is 0 Å². The molecule has 0 saturated heterocycles. The molecule has 74 valence electrons. The molecule has 3 N–H and O–H groups in total. The van der Waals surface area contributed by atoms with Crippen molar-refractivity contribution in [2.24, 2.45) is 0 Å². The van der Waals surface area contributed by atoms with Crippen molar-refractivity contribution in [2.75, 3.05) is 0 Å². The highest BCUT2D eigenvalue weighted by Gasteiger charge is 2.04. The number of rotatable bonds is 2. The van der Waals surface area contributed by atoms with E-state index < -0.39 is 0 Å². The SMILES string of the molecule is OCc1cc(=S)n2[nH]c(CO)nc2n1. The van der Waals surface area contributed by atoms with Crippen LogP contribution in [0.25, 0.3) is 5.78 Å². The van der Waals surface area contributed by atoms with Crippen molar-refractivity contribution in [2.45, 2.75) is 13.2 Å². The van der Waals surface area contributed by atoms with E-state index >= 15 is 0 Å². The van der Waals surface area contributed by atoms with E-state index in [2.05, 4.69) is 15.1 Å². The fourth-order valence-electron chi connectivity index (χ4n) is 1.12. The second kappa shape index (κ2) is 3.45. The van der Waals surface area contributed by atoms with E-state index in [9.17, 15) is 0 Å². The molecule has 0 fully saturated rings. The predicted octanol–water partition coefficient (Wildman–Crippen LogP) is -0.229. The Labute approximate surface area is 83.9 Å². The average molecular weight is 212 g/mol. The van der Waals surface area contributed by atoms with Gasteiger partial charge in [-0.25, -0.2) is 9.50 Å². The minimum atomic E-state index is -0.202. The standard InChI is InChI=1S/C7H8N4O2S/c12-2-4-1-6(14)11-7(8-4)9-5(3-13)10-11/h1,12-13H,2-3H2,(H,8,9,10). The molecule has 14 heavy (non-hydrogen) atoms. The van der Waals surface area contributed by atoms with Crippen LogP contribution in [0.3, 0.4) is 0 Å². The van der Waals surface area contributed by atoms with Gasteiger partial charge in [0.1, 0.15) is 11.2 Å². The van der Waals surface area contributed by atoms with Crippen molar-refractivity contribution in [1.82, 2.24) is 19.6 Å². The van der Waals surface area contributed by atoms with Crippen LogP contribution in [0.4, 0.5) is 0 Å². The zero-order chi connectivity index (χ0) is 10.1. The van der Waals surface area contributed by atoms with Crippen LogP contribution in [0.1, 0.15) is 11.5 Å². The normalized spacial score (nSPS) is 11.0. The molecular weight excluding hydrogens is 204 g/mol. The molecule has 0 bridgehead atoms. The first kappa shape index (κ1) is 9.25. The van der Waals surface area contributed by atoms with Crippen LogP contribution in [0.2, 0.25) is 0 Å². The summed E-state index contributed by atoms with van der Waals surface area (Å²) in [5.74, 6) is 0.740. The molecule has 0 saturated carbocycles. The quantitative estimate of drug-likeness (QED) is 0.599. The molecule has 0 aliphatic rings. The molecular formula is C7H8N4O2S. The Morgan fingerprint density at radius 2 is 2.14 bits per heavy atom. The van der Waals surface area contributed by atoms with Gasteiger partial charge in [-0.1, -0.05) is 12.2 Å². The van der Waals surface area contributed by atoms with Crippen LogP contribution in [-0.2, 0) is 13.2 Å². The number of aliphatic hydroxyl groups is 2. The number of aromatic nitrogens is 4. The lowest BCUT2D eigenvalue weighted by Crippen LogP contribution is -1.97. The summed E-state index contributed by atoms with van der Waals surface area (Å²) in [5, 5.41) is 20.5. The maximum absolute atomic E-state index is 8.88. The Kier molecular flexibility index (Phi) is 2.28. The van der Waals surface area contributed by atoms with Gasteiger partial charge in [0, 0.05) is 0 Å². The minimum Gasteiger partial charge on any atom is -0.390 e. The van der Waals surface area contributed by atoms with Gasteiger partial charge < -0.3 is 10.2 Å². The molecule has 0 amide bonds. The average Bonchev–Trinajstić information content (AvgIpc) is 2.61. The second-order valence-corrected chi connectivity index (χ2v) is 3.13. The summed E-state index contributed by atoms with van der Waals surface area (Å²) in [7, 11) is 0. The monoisotopic (exact) mass is 212 g/mol. The summed E-state index contributed by atoms with van der Waals surface area (Å²) in [4.78, 5) is 7.99. The lowest BCUT2D eigenvalue weighted by molar-refractivity contribution is 0.271. The maximum atomic E-state index is 8.88. The lowest BCUT2D eigenvalue weighted by Gasteiger charge is -1.95. The molecule has 6 nitrogen and oxygen atoms in total. The number of aliphatic hydroxyl groups excluding tert-OH is 2. The van der Waals surface area contributed by atoms with Gasteiger partial charge in [-0.05, 0) is 6.07 Å². The fraction of sp³-hybridized carbons (Fsp3) is 0.286. The van der Waals surface area contributed by atoms with Crippen molar-refractivity contribution in [3.8, 4) is 0 Å². The van der Waals surface area contributed by atoms with Crippen molar-refractivity contribution in [1.29, 1.82) is 0 Å². The summed E-state index contributed by atoms with van der Waals surface area (Å²) in [6, 6.07) is 1.57. The van der Waals surface area contributed by atoms with E-state index in [0.29, 0.717) is 21.9 Å². The van der Waals surface area contributed by atoms with Crippen molar-refractivity contribution in [3.05, 3.63) is 22.2 Å². The number of hydrogen-bond acceptors (Lipinski definition) is 5. The highest BCUT2D eigenvalue weighted by molar-refractivity contribution is 7.71. The molecule has 0 aromatic carbocycles. The molecule has 0 unspecified atom stereocenters. The molecule has 0 aliphatic carbocycles. The number of hydrogen-bond donors (Lipinski definition) is 3. The molecule has 0 atom stereocenters. The predicted molar refractivity (Wildman–Crippen MR) is 50.0 cm³/mol. The highest BCUT2D eigenvalue weighted by atomic mass is 32.1. The first-order valence-corrected chi connectivity index (χ1v) is 4.34. The summed E-state index contributed by atoms with van der Waals surface area (Å²) < 4.78 is 1.94. The molecule has 2 heterocycles. The van der Waals surface area contributed by atoms with Gasteiger partial charge in [-0.3, -0.25) is 5.10 Å². The second-order valence-electron chi connectivity index (χ2n) is 2.71. The maximum Gasteiger partial charge on any atom is 0.252 e. The number of nitrogens with one attached hydrogen (secondary N) is 1. The Morgan fingerprint density at radius 3 is 2.79 bits per heavy atom. The smallest absolute Gasteiger partial charge is 0.252 e. The molecule has 0 radical (unpaired) electrons. The topological polar surface area (TPSA) is 86.4 Å². The van der Waals surface area contributed by atoms with Crippen molar-refractivity contribution < 1.29 is 10.2 Å². The first-order valence-electron chi connectivity index (χ1n) is 3.94. The Hall–Kier alpha value is -1.31. The molecule has 2 aromatic heterocycles. The lowest BCUT2D eigenvalue weighted by atomic mass is 10.4. The van der Waals surface area contributed by atoms with Gasteiger partial charge in [0.15, 0.2) is 5.82 Å². The first-order chi connectivity index (χ1) is 6.74. The minimum absolute atomic E-state index is 0.179. The Bertz CT molecular complexity index is 518. The highest BCUT2D eigenvalue weighted by Crippen LogP contribution is 2.03. The van der Waals surface area contributed by atoms with E-state index in [1.807, 2.05) is 0 Å². The van der Waals surface area contributed by atoms with Crippen molar-refractivity contribution in [3.63, 3.8) is 0 Å². The summed E-state index contributed by atoms with van der Waals surface area (Å²) >= 11 is 5.03. The third-order valence-corrected chi connectivity index (χ3v) is 2.04. The van der Waals surface area contributed by atoms with Gasteiger partial charge in [0.05, 0.1) is 12.3 Å². The zero-order valence-corrected chi connectivity index (χ0v) is 7.95. The Morgan fingerprint density at radius 1 is 1.36 bits per heavy atom. The van der Waals surface area contributed by atoms with E-state index in [0.717, 1.165) is 0 Å². The van der Waals surface area contributed by atoms with Crippen LogP contribution in [-0.4, -0.2) is 29.8 Å². The molecule has 2 aromatic rings. The summed E-state index contributed by atoms with van der Waals surface area (Å²) in [5.41, 5.74) is 0.464. The van der Waals surface area contributed by atoms with Gasteiger partial charge >= 0.3 is 0 Å². The third-order valence-electron chi connectivity index (χ3n) is 1.74. The van der Waals surface area contributed by atoms with Crippen molar-refractivity contribution >= 4 is 18.0 Å². The summed E-state index contributed by atoms with van der Waals surface area (Å²) in [6.45, 7) is -0.381. The van der Waals surface area contributed by atoms with Crippen LogP contribution >= 0.6 is 12.2 Å². The van der Waals surface area contributed by atoms with E-state index in [-0.39, 0.29) is 13.2 Å². The van der Waals surface area contributed by atoms with Crippen LogP contribution in [0.5, 0.6) is 0 Å². The fourth-order valence-corrected chi connectivity index (χ4v) is 1.39. The summed E-state index contributed by atoms with van der Waals surface area (Å²) in [6.07, 6.45) is 0. The van der Waals surface area contributed by atoms with E-state index in [1.165, 1.54) is 4.52 Å². The molecule has 2 rings (SSSR count). The molecule has 7 heteroatoms. The number of H-pyrrole nitrogens is 1. The van der Waals surface area contributed by atoms with Gasteiger partial charge in [0.2, 0.25) is 0 Å². The number of aromatic amines is 1. The van der Waals surface area contributed by atoms with E-state index in [1.54, 1.807) is 6.07 Å². The van der Waals surface area contributed by atoms with Crippen LogP contribution in [0.15, 0.2) is 6.07 Å². The van der Waals surface area contributed by atoms with E-state index in [4.69, 9.17) is 22.4 Å². The molecule has 0 aliphatic heterocycles. The Balaban J connectivity index is 2.73. The third kappa shape index (κ3) is 1.41. The van der Waals surface area contributed by atoms with Gasteiger partial charge in [0.25, 0.3) is 5.78 Å². The zero-order valence-electron chi connectivity index (χ0n) is 7.14. The van der Waals surface area contributed by atoms with Crippen LogP contribution in [0, 0.1) is 4.64 Å². The number of nitrogens with zero attached hydrogens (tertiary/aromatic N) is 3.